The van der Waals surface area contributed by atoms with Crippen molar-refractivity contribution in [1.82, 2.24) is 29.5 Å². The molecule has 12 heteroatoms. The SMILES string of the molecule is CCc1cc(Nc2nccn3c(-c4cccc(F)c4F)cnc23)ccc1C(=O)N1CCN(C(=O)[C@@H]2C[C@@H](O)CN2)CC1. The van der Waals surface area contributed by atoms with Gasteiger partial charge in [0.05, 0.1) is 24.0 Å². The number of benzene rings is 2. The van der Waals surface area contributed by atoms with Gasteiger partial charge < -0.3 is 25.5 Å². The van der Waals surface area contributed by atoms with E-state index in [0.29, 0.717) is 74.0 Å². The third kappa shape index (κ3) is 5.19. The van der Waals surface area contributed by atoms with Crippen LogP contribution in [0.25, 0.3) is 16.9 Å². The Morgan fingerprint density at radius 2 is 1.88 bits per heavy atom. The number of aryl methyl sites for hydroxylation is 1. The van der Waals surface area contributed by atoms with E-state index in [4.69, 9.17) is 0 Å². The van der Waals surface area contributed by atoms with Crippen LogP contribution in [-0.2, 0) is 11.2 Å². The Kier molecular flexibility index (Phi) is 7.56. The summed E-state index contributed by atoms with van der Waals surface area (Å²) >= 11 is 0. The second-order valence-electron chi connectivity index (χ2n) is 10.5. The molecule has 0 bridgehead atoms. The number of piperazine rings is 1. The Hall–Kier alpha value is -4.42. The van der Waals surface area contributed by atoms with Crippen LogP contribution >= 0.6 is 0 Å². The number of amides is 2. The zero-order chi connectivity index (χ0) is 29.4. The van der Waals surface area contributed by atoms with E-state index in [-0.39, 0.29) is 23.4 Å². The van der Waals surface area contributed by atoms with Gasteiger partial charge in [0.25, 0.3) is 5.91 Å². The van der Waals surface area contributed by atoms with Crippen LogP contribution in [0.1, 0.15) is 29.3 Å². The fraction of sp³-hybridized carbons (Fsp3) is 0.333. The van der Waals surface area contributed by atoms with Gasteiger partial charge in [0, 0.05) is 61.9 Å². The van der Waals surface area contributed by atoms with E-state index in [1.165, 1.54) is 18.3 Å². The minimum Gasteiger partial charge on any atom is -0.392 e. The largest absolute Gasteiger partial charge is 0.392 e. The fourth-order valence-electron chi connectivity index (χ4n) is 5.64. The van der Waals surface area contributed by atoms with Crippen molar-refractivity contribution in [3.63, 3.8) is 0 Å². The van der Waals surface area contributed by atoms with Crippen LogP contribution in [0.2, 0.25) is 0 Å². The highest BCUT2D eigenvalue weighted by Gasteiger charge is 2.33. The molecule has 0 unspecified atom stereocenters. The van der Waals surface area contributed by atoms with Gasteiger partial charge in [-0.05, 0) is 48.7 Å². The van der Waals surface area contributed by atoms with E-state index in [1.807, 2.05) is 13.0 Å². The van der Waals surface area contributed by atoms with Gasteiger partial charge in [0.2, 0.25) is 5.91 Å². The first-order valence-corrected chi connectivity index (χ1v) is 14.0. The second kappa shape index (κ2) is 11.5. The molecule has 2 aromatic heterocycles. The minimum absolute atomic E-state index is 0.0300. The average molecular weight is 576 g/mol. The third-order valence-electron chi connectivity index (χ3n) is 7.92. The molecule has 6 rings (SSSR count). The Morgan fingerprint density at radius 3 is 2.62 bits per heavy atom. The van der Waals surface area contributed by atoms with Crippen molar-refractivity contribution in [2.75, 3.05) is 38.0 Å². The zero-order valence-electron chi connectivity index (χ0n) is 23.1. The number of imidazole rings is 1. The van der Waals surface area contributed by atoms with Gasteiger partial charge in [-0.2, -0.15) is 0 Å². The summed E-state index contributed by atoms with van der Waals surface area (Å²) < 4.78 is 30.0. The molecule has 2 aromatic carbocycles. The Labute approximate surface area is 241 Å². The highest BCUT2D eigenvalue weighted by Crippen LogP contribution is 2.29. The fourth-order valence-corrected chi connectivity index (χ4v) is 5.64. The predicted molar refractivity (Wildman–Crippen MR) is 152 cm³/mol. The average Bonchev–Trinajstić information content (AvgIpc) is 3.65. The molecule has 3 N–H and O–H groups in total. The van der Waals surface area contributed by atoms with Crippen LogP contribution in [-0.4, -0.2) is 86.0 Å². The first kappa shape index (κ1) is 27.7. The Balaban J connectivity index is 1.17. The first-order valence-electron chi connectivity index (χ1n) is 14.0. The summed E-state index contributed by atoms with van der Waals surface area (Å²) in [6.45, 7) is 4.15. The highest BCUT2D eigenvalue weighted by atomic mass is 19.2. The number of aliphatic hydroxyl groups excluding tert-OH is 1. The summed E-state index contributed by atoms with van der Waals surface area (Å²) in [7, 11) is 0. The summed E-state index contributed by atoms with van der Waals surface area (Å²) in [6, 6.07) is 9.11. The molecule has 2 atom stereocenters. The van der Waals surface area contributed by atoms with Crippen molar-refractivity contribution in [2.24, 2.45) is 0 Å². The van der Waals surface area contributed by atoms with Crippen LogP contribution in [0, 0.1) is 11.6 Å². The van der Waals surface area contributed by atoms with Crippen molar-refractivity contribution in [3.8, 4) is 11.3 Å². The molecule has 218 valence electrons. The van der Waals surface area contributed by atoms with Crippen molar-refractivity contribution >= 4 is 29.0 Å². The lowest BCUT2D eigenvalue weighted by Gasteiger charge is -2.36. The number of anilines is 2. The summed E-state index contributed by atoms with van der Waals surface area (Å²) in [5.41, 5.74) is 3.07. The summed E-state index contributed by atoms with van der Waals surface area (Å²) in [4.78, 5) is 38.6. The number of fused-ring (bicyclic) bond motifs is 1. The van der Waals surface area contributed by atoms with Crippen molar-refractivity contribution in [1.29, 1.82) is 0 Å². The zero-order valence-corrected chi connectivity index (χ0v) is 23.1. The number of nitrogens with zero attached hydrogens (tertiary/aromatic N) is 5. The molecule has 0 spiro atoms. The number of hydrogen-bond acceptors (Lipinski definition) is 7. The molecular formula is C30H31F2N7O3. The minimum atomic E-state index is -0.947. The number of halogens is 2. The molecule has 4 aromatic rings. The predicted octanol–water partition coefficient (Wildman–Crippen LogP) is 2.99. The molecule has 2 aliphatic heterocycles. The van der Waals surface area contributed by atoms with Gasteiger partial charge in [0.1, 0.15) is 0 Å². The Morgan fingerprint density at radius 1 is 1.10 bits per heavy atom. The molecule has 2 aliphatic rings. The smallest absolute Gasteiger partial charge is 0.254 e. The Bertz CT molecular complexity index is 1650. The van der Waals surface area contributed by atoms with E-state index < -0.39 is 17.7 Å². The summed E-state index contributed by atoms with van der Waals surface area (Å²) in [5.74, 6) is -1.58. The maximum atomic E-state index is 14.5. The topological polar surface area (TPSA) is 115 Å². The molecule has 4 heterocycles. The molecular weight excluding hydrogens is 544 g/mol. The van der Waals surface area contributed by atoms with E-state index >= 15 is 0 Å². The van der Waals surface area contributed by atoms with Gasteiger partial charge in [-0.15, -0.1) is 0 Å². The van der Waals surface area contributed by atoms with E-state index in [0.717, 1.165) is 11.6 Å². The van der Waals surface area contributed by atoms with Gasteiger partial charge in [0.15, 0.2) is 23.1 Å². The van der Waals surface area contributed by atoms with Crippen molar-refractivity contribution < 1.29 is 23.5 Å². The van der Waals surface area contributed by atoms with Crippen LogP contribution in [0.5, 0.6) is 0 Å². The molecule has 10 nitrogen and oxygen atoms in total. The standard InChI is InChI=1S/C30H31F2N7O3/c1-2-18-14-19(36-27-28-35-17-25(39(28)9-8-33-27)22-4-3-5-23(31)26(22)32)6-7-21(18)29(41)37-10-12-38(13-11-37)30(42)24-15-20(40)16-34-24/h3-9,14,17,20,24,34,40H,2,10-13,15-16H2,1H3,(H,33,36)/t20-,24+/m1/s1. The maximum Gasteiger partial charge on any atom is 0.254 e. The molecule has 0 radical (unpaired) electrons. The van der Waals surface area contributed by atoms with Crippen LogP contribution in [0.15, 0.2) is 55.0 Å². The van der Waals surface area contributed by atoms with Crippen LogP contribution in [0.4, 0.5) is 20.3 Å². The number of aliphatic hydroxyl groups is 1. The normalized spacial score (nSPS) is 19.0. The van der Waals surface area contributed by atoms with E-state index in [2.05, 4.69) is 20.6 Å². The van der Waals surface area contributed by atoms with Crippen LogP contribution < -0.4 is 10.6 Å². The van der Waals surface area contributed by atoms with Gasteiger partial charge in [-0.3, -0.25) is 14.0 Å². The third-order valence-corrected chi connectivity index (χ3v) is 7.92. The maximum absolute atomic E-state index is 14.5. The molecule has 0 saturated carbocycles. The summed E-state index contributed by atoms with van der Waals surface area (Å²) in [6.07, 6.45) is 5.18. The lowest BCUT2D eigenvalue weighted by atomic mass is 10.0. The van der Waals surface area contributed by atoms with E-state index in [1.54, 1.807) is 38.7 Å². The number of β-amino-alcohol motifs (C(OH)–C–C–N with tert-alkyl or cyclic N) is 1. The first-order chi connectivity index (χ1) is 20.3. The van der Waals surface area contributed by atoms with Crippen molar-refractivity contribution in [3.05, 3.63) is 77.8 Å². The number of rotatable bonds is 6. The van der Waals surface area contributed by atoms with Gasteiger partial charge >= 0.3 is 0 Å². The van der Waals surface area contributed by atoms with Crippen LogP contribution in [0.3, 0.4) is 0 Å². The number of carbonyl (C=O) groups is 2. The van der Waals surface area contributed by atoms with Gasteiger partial charge in [-0.1, -0.05) is 13.0 Å². The number of nitrogens with one attached hydrogen (secondary N) is 2. The molecule has 2 saturated heterocycles. The molecule has 2 fully saturated rings. The van der Waals surface area contributed by atoms with E-state index in [9.17, 15) is 23.5 Å². The number of aromatic nitrogens is 3. The quantitative estimate of drug-likeness (QED) is 0.324. The monoisotopic (exact) mass is 575 g/mol. The van der Waals surface area contributed by atoms with Gasteiger partial charge in [-0.25, -0.2) is 18.7 Å². The lowest BCUT2D eigenvalue weighted by molar-refractivity contribution is -0.134. The van der Waals surface area contributed by atoms with Crippen molar-refractivity contribution in [2.45, 2.75) is 31.9 Å². The number of hydrogen-bond donors (Lipinski definition) is 3. The molecule has 42 heavy (non-hydrogen) atoms. The molecule has 0 aliphatic carbocycles. The lowest BCUT2D eigenvalue weighted by Crippen LogP contribution is -2.54. The number of carbonyl (C=O) groups excluding carboxylic acids is 2. The summed E-state index contributed by atoms with van der Waals surface area (Å²) in [5, 5.41) is 16.0. The highest BCUT2D eigenvalue weighted by molar-refractivity contribution is 5.96. The molecule has 2 amide bonds. The second-order valence-corrected chi connectivity index (χ2v) is 10.5.